The Morgan fingerprint density at radius 3 is 0.824 bits per heavy atom. The minimum Gasteiger partial charge on any atom is -0.341 e. The van der Waals surface area contributed by atoms with Gasteiger partial charge in [-0.2, -0.15) is 21.0 Å². The van der Waals surface area contributed by atoms with E-state index in [4.69, 9.17) is 42.7 Å². The number of nitriles is 4. The zero-order chi connectivity index (χ0) is 25.3. The standard InChI is InChI=1S/C18H28N16/c19-11-27-15(23)31-3-1-4-32(16(24)28-12-20)8-10-34(18(26)30-14-22)6-2-5-33(9-7-31)17(25)29-13-21/h1-10H2,(H2,23,27)(H2,24,28)(H2,25,29)(H2,26,30). The number of hydrogen-bond donors (Lipinski definition) is 8. The van der Waals surface area contributed by atoms with Crippen molar-refractivity contribution >= 4 is 23.8 Å². The van der Waals surface area contributed by atoms with Crippen molar-refractivity contribution in [2.24, 2.45) is 0 Å². The molecule has 0 amide bonds. The summed E-state index contributed by atoms with van der Waals surface area (Å²) in [6.07, 6.45) is 7.84. The summed E-state index contributed by atoms with van der Waals surface area (Å²) >= 11 is 0. The lowest BCUT2D eigenvalue weighted by molar-refractivity contribution is 0.271. The Balaban J connectivity index is 3.12. The van der Waals surface area contributed by atoms with Gasteiger partial charge in [0.05, 0.1) is 0 Å². The Labute approximate surface area is 197 Å². The number of hydrogen-bond acceptors (Lipinski definition) is 8. The lowest BCUT2D eigenvalue weighted by Crippen LogP contribution is -2.50. The molecule has 16 nitrogen and oxygen atoms in total. The number of rotatable bonds is 0. The highest BCUT2D eigenvalue weighted by Crippen LogP contribution is 2.03. The molecule has 0 aromatic carbocycles. The van der Waals surface area contributed by atoms with E-state index in [9.17, 15) is 0 Å². The Morgan fingerprint density at radius 2 is 0.647 bits per heavy atom. The SMILES string of the molecule is N#CNC(=N)N1CCCN(C(=N)NC#N)CCN(C(=N)NC#N)CCCN(C(=N)NC#N)CC1. The van der Waals surface area contributed by atoms with E-state index in [1.54, 1.807) is 44.4 Å². The van der Waals surface area contributed by atoms with Crippen molar-refractivity contribution in [2.75, 3.05) is 52.4 Å². The van der Waals surface area contributed by atoms with Crippen LogP contribution in [0, 0.1) is 67.5 Å². The van der Waals surface area contributed by atoms with Gasteiger partial charge in [0.15, 0.2) is 24.8 Å². The van der Waals surface area contributed by atoms with Crippen LogP contribution >= 0.6 is 0 Å². The molecule has 34 heavy (non-hydrogen) atoms. The first-order chi connectivity index (χ1) is 16.4. The van der Waals surface area contributed by atoms with E-state index < -0.39 is 0 Å². The summed E-state index contributed by atoms with van der Waals surface area (Å²) in [7, 11) is 0. The van der Waals surface area contributed by atoms with Crippen LogP contribution in [0.2, 0.25) is 0 Å². The van der Waals surface area contributed by atoms with Gasteiger partial charge in [0.25, 0.3) is 0 Å². The summed E-state index contributed by atoms with van der Waals surface area (Å²) < 4.78 is 0. The lowest BCUT2D eigenvalue weighted by Gasteiger charge is -2.33. The Bertz CT molecular complexity index is 753. The molecule has 1 rings (SSSR count). The van der Waals surface area contributed by atoms with Crippen molar-refractivity contribution in [1.82, 2.24) is 40.9 Å². The fourth-order valence-corrected chi connectivity index (χ4v) is 3.26. The van der Waals surface area contributed by atoms with Gasteiger partial charge >= 0.3 is 0 Å². The van der Waals surface area contributed by atoms with E-state index in [1.165, 1.54) is 0 Å². The monoisotopic (exact) mass is 468 g/mol. The molecule has 1 fully saturated rings. The first-order valence-corrected chi connectivity index (χ1v) is 10.3. The largest absolute Gasteiger partial charge is 0.341 e. The van der Waals surface area contributed by atoms with Crippen molar-refractivity contribution in [3.05, 3.63) is 0 Å². The van der Waals surface area contributed by atoms with Crippen LogP contribution in [0.15, 0.2) is 0 Å². The summed E-state index contributed by atoms with van der Waals surface area (Å²) in [6, 6.07) is 0. The van der Waals surface area contributed by atoms with Gasteiger partial charge in [-0.15, -0.1) is 0 Å². The molecular formula is C18H28N16. The Hall–Kier alpha value is -4.96. The highest BCUT2D eigenvalue weighted by molar-refractivity contribution is 5.80. The minimum atomic E-state index is -0.103. The highest BCUT2D eigenvalue weighted by atomic mass is 15.3. The predicted molar refractivity (Wildman–Crippen MR) is 121 cm³/mol. The van der Waals surface area contributed by atoms with Gasteiger partial charge in [-0.1, -0.05) is 0 Å². The molecule has 0 saturated carbocycles. The maximum absolute atomic E-state index is 8.89. The van der Waals surface area contributed by atoms with Crippen LogP contribution in [-0.2, 0) is 0 Å². The number of nitrogens with one attached hydrogen (secondary N) is 8. The summed E-state index contributed by atoms with van der Waals surface area (Å²) in [5.41, 5.74) is 0. The van der Waals surface area contributed by atoms with Crippen LogP contribution in [0.1, 0.15) is 12.8 Å². The smallest absolute Gasteiger partial charge is 0.204 e. The molecule has 1 heterocycles. The van der Waals surface area contributed by atoms with Crippen LogP contribution in [0.4, 0.5) is 0 Å². The van der Waals surface area contributed by atoms with Crippen LogP contribution in [0.25, 0.3) is 0 Å². The zero-order valence-corrected chi connectivity index (χ0v) is 18.6. The molecule has 16 heteroatoms. The summed E-state index contributed by atoms with van der Waals surface area (Å²) in [5.74, 6) is -0.414. The molecule has 8 N–H and O–H groups in total. The zero-order valence-electron chi connectivity index (χ0n) is 18.6. The summed E-state index contributed by atoms with van der Waals surface area (Å²) in [6.45, 7) is 2.55. The average Bonchev–Trinajstić information content (AvgIpc) is 2.80. The van der Waals surface area contributed by atoms with Gasteiger partial charge in [0, 0.05) is 52.4 Å². The van der Waals surface area contributed by atoms with Gasteiger partial charge in [0.2, 0.25) is 23.8 Å². The molecule has 180 valence electrons. The van der Waals surface area contributed by atoms with Crippen LogP contribution in [0.5, 0.6) is 0 Å². The Morgan fingerprint density at radius 1 is 0.441 bits per heavy atom. The average molecular weight is 469 g/mol. The quantitative estimate of drug-likeness (QED) is 0.0832. The van der Waals surface area contributed by atoms with Crippen LogP contribution in [0.3, 0.4) is 0 Å². The van der Waals surface area contributed by atoms with Crippen molar-refractivity contribution in [2.45, 2.75) is 12.8 Å². The maximum Gasteiger partial charge on any atom is 0.204 e. The molecule has 0 aliphatic carbocycles. The highest BCUT2D eigenvalue weighted by Gasteiger charge is 2.19. The van der Waals surface area contributed by atoms with Gasteiger partial charge in [-0.05, 0) is 12.8 Å². The molecule has 0 bridgehead atoms. The molecule has 1 aliphatic heterocycles. The molecular weight excluding hydrogens is 440 g/mol. The molecule has 1 aliphatic rings. The third-order valence-corrected chi connectivity index (χ3v) is 4.95. The van der Waals surface area contributed by atoms with Gasteiger partial charge < -0.3 is 19.6 Å². The van der Waals surface area contributed by atoms with Gasteiger partial charge in [-0.25, -0.2) is 0 Å². The normalized spacial score (nSPS) is 15.2. The fourth-order valence-electron chi connectivity index (χ4n) is 3.26. The summed E-state index contributed by atoms with van der Waals surface area (Å²) in [4.78, 5) is 6.50. The second kappa shape index (κ2) is 14.9. The van der Waals surface area contributed by atoms with Crippen molar-refractivity contribution in [1.29, 1.82) is 42.7 Å². The van der Waals surface area contributed by atoms with E-state index in [-0.39, 0.29) is 50.0 Å². The van der Waals surface area contributed by atoms with E-state index in [1.807, 2.05) is 0 Å². The molecule has 0 aromatic rings. The number of guanidine groups is 4. The third kappa shape index (κ3) is 9.04. The molecule has 0 atom stereocenters. The summed E-state index contributed by atoms with van der Waals surface area (Å²) in [5, 5.41) is 77.2. The first kappa shape index (κ1) is 27.1. The first-order valence-electron chi connectivity index (χ1n) is 10.3. The number of nitrogens with zero attached hydrogens (tertiary/aromatic N) is 8. The van der Waals surface area contributed by atoms with Gasteiger partial charge in [0.1, 0.15) is 0 Å². The van der Waals surface area contributed by atoms with E-state index in [0.717, 1.165) is 0 Å². The molecule has 1 saturated heterocycles. The van der Waals surface area contributed by atoms with E-state index in [0.29, 0.717) is 39.0 Å². The maximum atomic E-state index is 8.89. The molecule has 0 radical (unpaired) electrons. The van der Waals surface area contributed by atoms with Crippen LogP contribution < -0.4 is 21.3 Å². The van der Waals surface area contributed by atoms with Crippen LogP contribution in [-0.4, -0.2) is 95.8 Å². The topological polar surface area (TPSA) is 252 Å². The third-order valence-electron chi connectivity index (χ3n) is 4.95. The molecule has 0 spiro atoms. The minimum absolute atomic E-state index is 0.103. The lowest BCUT2D eigenvalue weighted by atomic mass is 10.3. The van der Waals surface area contributed by atoms with Crippen molar-refractivity contribution in [3.63, 3.8) is 0 Å². The Kier molecular flexibility index (Phi) is 11.9. The molecule has 0 aromatic heterocycles. The fraction of sp³-hybridized carbons (Fsp3) is 0.556. The van der Waals surface area contributed by atoms with Crippen molar-refractivity contribution < 1.29 is 0 Å². The van der Waals surface area contributed by atoms with Gasteiger partial charge in [-0.3, -0.25) is 42.9 Å². The van der Waals surface area contributed by atoms with Crippen molar-refractivity contribution in [3.8, 4) is 24.8 Å². The second-order valence-electron chi connectivity index (χ2n) is 7.00. The predicted octanol–water partition coefficient (Wildman–Crippen LogP) is -1.99. The van der Waals surface area contributed by atoms with E-state index >= 15 is 0 Å². The second-order valence-corrected chi connectivity index (χ2v) is 7.00. The molecule has 0 unspecified atom stereocenters. The van der Waals surface area contributed by atoms with E-state index in [2.05, 4.69) is 21.3 Å².